The Kier molecular flexibility index (Phi) is 5.72. The largest absolute Gasteiger partial charge is 0.486 e. The smallest absolute Gasteiger partial charge is 0.273 e. The third-order valence-corrected chi connectivity index (χ3v) is 5.11. The number of hydrogen-bond donors (Lipinski definition) is 1. The molecular weight excluding hydrogens is 382 g/mol. The van der Waals surface area contributed by atoms with Crippen LogP contribution >= 0.6 is 0 Å². The number of nitrogens with one attached hydrogen (secondary N) is 1. The molecule has 0 saturated carbocycles. The summed E-state index contributed by atoms with van der Waals surface area (Å²) in [6.07, 6.45) is 0. The monoisotopic (exact) mass is 407 g/mol. The van der Waals surface area contributed by atoms with Crippen molar-refractivity contribution in [1.29, 1.82) is 0 Å². The summed E-state index contributed by atoms with van der Waals surface area (Å²) in [4.78, 5) is 14.7. The van der Waals surface area contributed by atoms with Gasteiger partial charge in [0.05, 0.1) is 6.04 Å². The van der Waals surface area contributed by atoms with E-state index in [9.17, 15) is 4.79 Å². The van der Waals surface area contributed by atoms with Gasteiger partial charge in [0, 0.05) is 18.2 Å². The highest BCUT2D eigenvalue weighted by molar-refractivity contribution is 5.93. The van der Waals surface area contributed by atoms with Crippen LogP contribution in [0.15, 0.2) is 53.1 Å². The molecule has 0 saturated heterocycles. The average Bonchev–Trinajstić information content (AvgIpc) is 3.25. The van der Waals surface area contributed by atoms with E-state index >= 15 is 0 Å². The highest BCUT2D eigenvalue weighted by Gasteiger charge is 2.19. The van der Waals surface area contributed by atoms with E-state index in [0.29, 0.717) is 37.0 Å². The molecule has 3 aromatic rings. The van der Waals surface area contributed by atoms with E-state index in [0.717, 1.165) is 11.1 Å². The van der Waals surface area contributed by atoms with Gasteiger partial charge in [-0.05, 0) is 44.8 Å². The normalized spacial score (nSPS) is 13.9. The first kappa shape index (κ1) is 20.0. The minimum Gasteiger partial charge on any atom is -0.486 e. The van der Waals surface area contributed by atoms with Crippen LogP contribution in [0.5, 0.6) is 11.5 Å². The van der Waals surface area contributed by atoms with Gasteiger partial charge in [0.25, 0.3) is 5.91 Å². The van der Waals surface area contributed by atoms with Crippen molar-refractivity contribution >= 4 is 5.91 Å². The Morgan fingerprint density at radius 1 is 1.07 bits per heavy atom. The van der Waals surface area contributed by atoms with Crippen molar-refractivity contribution in [2.75, 3.05) is 33.9 Å². The molecule has 30 heavy (non-hydrogen) atoms. The first-order valence-corrected chi connectivity index (χ1v) is 9.89. The van der Waals surface area contributed by atoms with E-state index in [1.54, 1.807) is 6.07 Å². The maximum Gasteiger partial charge on any atom is 0.273 e. The van der Waals surface area contributed by atoms with E-state index in [1.807, 2.05) is 32.3 Å². The maximum atomic E-state index is 12.6. The zero-order chi connectivity index (χ0) is 21.1. The molecule has 2 heterocycles. The number of carbonyl (C=O) groups is 1. The Hall–Kier alpha value is -3.32. The summed E-state index contributed by atoms with van der Waals surface area (Å²) in [5.41, 5.74) is 3.36. The van der Waals surface area contributed by atoms with Gasteiger partial charge in [0.2, 0.25) is 0 Å². The van der Waals surface area contributed by atoms with Crippen molar-refractivity contribution in [2.24, 2.45) is 0 Å². The average molecular weight is 407 g/mol. The lowest BCUT2D eigenvalue weighted by Gasteiger charge is -2.25. The second-order valence-corrected chi connectivity index (χ2v) is 7.53. The first-order chi connectivity index (χ1) is 14.5. The molecule has 0 spiro atoms. The molecule has 0 unspecified atom stereocenters. The van der Waals surface area contributed by atoms with Crippen LogP contribution in [0, 0.1) is 6.92 Å². The molecule has 0 aliphatic carbocycles. The summed E-state index contributed by atoms with van der Waals surface area (Å²) in [7, 11) is 3.99. The summed E-state index contributed by atoms with van der Waals surface area (Å²) in [6, 6.07) is 15.5. The van der Waals surface area contributed by atoms with Crippen molar-refractivity contribution in [3.05, 3.63) is 65.4 Å². The number of amides is 1. The standard InChI is InChI=1S/C23H25N3O4/c1-15-4-6-16(7-5-15)19(26(2)3)14-24-23(27)18-13-21(30-25-18)17-8-9-20-22(12-17)29-11-10-28-20/h4-9,12-13,19H,10-11,14H2,1-3H3,(H,24,27)/t19-/m1/s1. The maximum absolute atomic E-state index is 12.6. The summed E-state index contributed by atoms with van der Waals surface area (Å²) in [5, 5.41) is 6.90. The topological polar surface area (TPSA) is 76.8 Å². The highest BCUT2D eigenvalue weighted by Crippen LogP contribution is 2.34. The van der Waals surface area contributed by atoms with Crippen LogP contribution in [0.3, 0.4) is 0 Å². The van der Waals surface area contributed by atoms with Gasteiger partial charge >= 0.3 is 0 Å². The fourth-order valence-corrected chi connectivity index (χ4v) is 3.38. The molecule has 1 aliphatic rings. The van der Waals surface area contributed by atoms with E-state index in [2.05, 4.69) is 46.6 Å². The molecule has 1 N–H and O–H groups in total. The minimum absolute atomic E-state index is 0.0544. The van der Waals surface area contributed by atoms with Gasteiger partial charge in [-0.1, -0.05) is 35.0 Å². The fraction of sp³-hybridized carbons (Fsp3) is 0.304. The number of aromatic nitrogens is 1. The van der Waals surface area contributed by atoms with E-state index in [1.165, 1.54) is 5.56 Å². The van der Waals surface area contributed by atoms with Crippen molar-refractivity contribution in [1.82, 2.24) is 15.4 Å². The van der Waals surface area contributed by atoms with Gasteiger partial charge in [-0.2, -0.15) is 0 Å². The number of nitrogens with zero attached hydrogens (tertiary/aromatic N) is 2. The van der Waals surface area contributed by atoms with Crippen molar-refractivity contribution < 1.29 is 18.8 Å². The molecular formula is C23H25N3O4. The Bertz CT molecular complexity index is 1030. The number of carbonyl (C=O) groups excluding carboxylic acids is 1. The fourth-order valence-electron chi connectivity index (χ4n) is 3.38. The summed E-state index contributed by atoms with van der Waals surface area (Å²) >= 11 is 0. The number of fused-ring (bicyclic) bond motifs is 1. The Labute approximate surface area is 175 Å². The second-order valence-electron chi connectivity index (χ2n) is 7.53. The number of hydrogen-bond acceptors (Lipinski definition) is 6. The molecule has 1 atom stereocenters. The zero-order valence-electron chi connectivity index (χ0n) is 17.3. The Morgan fingerprint density at radius 3 is 2.53 bits per heavy atom. The number of likely N-dealkylation sites (N-methyl/N-ethyl adjacent to an activating group) is 1. The molecule has 1 aliphatic heterocycles. The molecule has 2 aromatic carbocycles. The van der Waals surface area contributed by atoms with E-state index in [4.69, 9.17) is 14.0 Å². The van der Waals surface area contributed by atoms with Gasteiger partial charge in [-0.25, -0.2) is 0 Å². The number of rotatable bonds is 6. The summed E-state index contributed by atoms with van der Waals surface area (Å²) in [5.74, 6) is 1.59. The van der Waals surface area contributed by atoms with Gasteiger partial charge in [0.15, 0.2) is 23.0 Å². The number of benzene rings is 2. The molecule has 0 radical (unpaired) electrons. The van der Waals surface area contributed by atoms with Crippen LogP contribution in [0.2, 0.25) is 0 Å². The predicted octanol–water partition coefficient (Wildman–Crippen LogP) is 3.45. The van der Waals surface area contributed by atoms with E-state index in [-0.39, 0.29) is 17.6 Å². The highest BCUT2D eigenvalue weighted by atomic mass is 16.6. The molecule has 1 amide bonds. The predicted molar refractivity (Wildman–Crippen MR) is 113 cm³/mol. The molecule has 0 bridgehead atoms. The van der Waals surface area contributed by atoms with Crippen molar-refractivity contribution in [3.63, 3.8) is 0 Å². The lowest BCUT2D eigenvalue weighted by Crippen LogP contribution is -2.34. The molecule has 4 rings (SSSR count). The van der Waals surface area contributed by atoms with E-state index < -0.39 is 0 Å². The van der Waals surface area contributed by atoms with Crippen LogP contribution in [0.25, 0.3) is 11.3 Å². The first-order valence-electron chi connectivity index (χ1n) is 9.89. The second kappa shape index (κ2) is 8.59. The van der Waals surface area contributed by atoms with Crippen molar-refractivity contribution in [3.8, 4) is 22.8 Å². The zero-order valence-corrected chi connectivity index (χ0v) is 17.3. The number of aryl methyl sites for hydroxylation is 1. The summed E-state index contributed by atoms with van der Waals surface area (Å²) in [6.45, 7) is 3.56. The van der Waals surface area contributed by atoms with Crippen LogP contribution in [-0.4, -0.2) is 49.8 Å². The summed E-state index contributed by atoms with van der Waals surface area (Å²) < 4.78 is 16.5. The molecule has 0 fully saturated rings. The Morgan fingerprint density at radius 2 is 1.80 bits per heavy atom. The number of ether oxygens (including phenoxy) is 2. The molecule has 7 heteroatoms. The lowest BCUT2D eigenvalue weighted by molar-refractivity contribution is 0.0933. The SMILES string of the molecule is Cc1ccc([C@@H](CNC(=O)c2cc(-c3ccc4c(c3)OCCO4)on2)N(C)C)cc1. The van der Waals surface area contributed by atoms with Crippen LogP contribution < -0.4 is 14.8 Å². The third kappa shape index (κ3) is 4.31. The molecule has 1 aromatic heterocycles. The quantitative estimate of drug-likeness (QED) is 0.674. The minimum atomic E-state index is -0.276. The van der Waals surface area contributed by atoms with Crippen LogP contribution in [-0.2, 0) is 0 Å². The van der Waals surface area contributed by atoms with Gasteiger partial charge in [-0.3, -0.25) is 4.79 Å². The molecule has 156 valence electrons. The molecule has 7 nitrogen and oxygen atoms in total. The lowest BCUT2D eigenvalue weighted by atomic mass is 10.0. The third-order valence-electron chi connectivity index (χ3n) is 5.11. The van der Waals surface area contributed by atoms with Gasteiger partial charge < -0.3 is 24.2 Å². The van der Waals surface area contributed by atoms with Gasteiger partial charge in [-0.15, -0.1) is 0 Å². The van der Waals surface area contributed by atoms with Crippen LogP contribution in [0.4, 0.5) is 0 Å². The van der Waals surface area contributed by atoms with Crippen LogP contribution in [0.1, 0.15) is 27.7 Å². The van der Waals surface area contributed by atoms with Crippen molar-refractivity contribution in [2.45, 2.75) is 13.0 Å². The van der Waals surface area contributed by atoms with Gasteiger partial charge in [0.1, 0.15) is 13.2 Å². The Balaban J connectivity index is 1.44.